The number of aromatic nitrogens is 1. The molecule has 0 atom stereocenters. The lowest BCUT2D eigenvalue weighted by molar-refractivity contribution is -0.00866. The highest BCUT2D eigenvalue weighted by Crippen LogP contribution is 2.23. The van der Waals surface area contributed by atoms with Gasteiger partial charge in [0, 0.05) is 19.7 Å². The van der Waals surface area contributed by atoms with Gasteiger partial charge in [-0.05, 0) is 31.9 Å². The van der Waals surface area contributed by atoms with Crippen LogP contribution >= 0.6 is 0 Å². The maximum atomic E-state index is 11.9. The summed E-state index contributed by atoms with van der Waals surface area (Å²) < 4.78 is 5.45. The van der Waals surface area contributed by atoms with Gasteiger partial charge in [0.25, 0.3) is 5.91 Å². The Bertz CT molecular complexity index is 399. The number of pyridine rings is 1. The van der Waals surface area contributed by atoms with Crippen molar-refractivity contribution in [2.24, 2.45) is 0 Å². The smallest absolute Gasteiger partial charge is 0.270 e. The first-order chi connectivity index (χ1) is 8.72. The van der Waals surface area contributed by atoms with Crippen LogP contribution in [0.25, 0.3) is 0 Å². The molecule has 2 rings (SSSR count). The first-order valence-corrected chi connectivity index (χ1v) is 6.29. The molecule has 5 heteroatoms. The van der Waals surface area contributed by atoms with Crippen LogP contribution in [0.2, 0.25) is 0 Å². The topological polar surface area (TPSA) is 63.2 Å². The molecule has 0 bridgehead atoms. The van der Waals surface area contributed by atoms with Crippen molar-refractivity contribution in [3.05, 3.63) is 24.0 Å². The molecule has 0 spiro atoms. The van der Waals surface area contributed by atoms with Gasteiger partial charge in [-0.3, -0.25) is 4.79 Å². The Morgan fingerprint density at radius 3 is 2.83 bits per heavy atom. The van der Waals surface area contributed by atoms with E-state index in [2.05, 4.69) is 15.6 Å². The first kappa shape index (κ1) is 12.8. The molecular formula is C13H19N3O2. The zero-order valence-electron chi connectivity index (χ0n) is 10.8. The van der Waals surface area contributed by atoms with Crippen molar-refractivity contribution in [3.63, 3.8) is 0 Å². The molecule has 1 aromatic rings. The Kier molecular flexibility index (Phi) is 4.15. The summed E-state index contributed by atoms with van der Waals surface area (Å²) in [5.41, 5.74) is 1.35. The lowest BCUT2D eigenvalue weighted by Gasteiger charge is -2.35. The number of hydrogen-bond donors (Lipinski definition) is 2. The molecule has 1 heterocycles. The molecule has 98 valence electrons. The molecule has 1 amide bonds. The van der Waals surface area contributed by atoms with Crippen molar-refractivity contribution >= 4 is 11.6 Å². The number of rotatable bonds is 5. The van der Waals surface area contributed by atoms with E-state index in [1.807, 2.05) is 20.0 Å². The van der Waals surface area contributed by atoms with E-state index in [0.29, 0.717) is 11.8 Å². The summed E-state index contributed by atoms with van der Waals surface area (Å²) in [6, 6.07) is 3.78. The van der Waals surface area contributed by atoms with E-state index in [1.165, 1.54) is 0 Å². The summed E-state index contributed by atoms with van der Waals surface area (Å²) in [6.07, 6.45) is 3.75. The number of anilines is 1. The van der Waals surface area contributed by atoms with E-state index in [-0.39, 0.29) is 11.9 Å². The van der Waals surface area contributed by atoms with Crippen LogP contribution in [-0.4, -0.2) is 36.7 Å². The Morgan fingerprint density at radius 2 is 2.28 bits per heavy atom. The quantitative estimate of drug-likeness (QED) is 0.828. The molecule has 0 unspecified atom stereocenters. The number of amides is 1. The average Bonchev–Trinajstić information content (AvgIpc) is 2.36. The lowest BCUT2D eigenvalue weighted by atomic mass is 9.89. The summed E-state index contributed by atoms with van der Waals surface area (Å²) in [5, 5.41) is 5.92. The Hall–Kier alpha value is -1.62. The summed E-state index contributed by atoms with van der Waals surface area (Å²) >= 11 is 0. The Labute approximate surface area is 107 Å². The fourth-order valence-electron chi connectivity index (χ4n) is 1.99. The van der Waals surface area contributed by atoms with Crippen LogP contribution < -0.4 is 10.6 Å². The second kappa shape index (κ2) is 5.82. The van der Waals surface area contributed by atoms with Gasteiger partial charge in [-0.1, -0.05) is 0 Å². The van der Waals surface area contributed by atoms with Gasteiger partial charge < -0.3 is 15.4 Å². The van der Waals surface area contributed by atoms with Crippen LogP contribution in [0.3, 0.4) is 0 Å². The van der Waals surface area contributed by atoms with E-state index in [4.69, 9.17) is 4.74 Å². The number of ether oxygens (including phenoxy) is 1. The van der Waals surface area contributed by atoms with Crippen molar-refractivity contribution in [2.45, 2.75) is 31.9 Å². The number of carbonyl (C=O) groups is 1. The van der Waals surface area contributed by atoms with Crippen LogP contribution in [0.5, 0.6) is 0 Å². The minimum atomic E-state index is -0.113. The SMILES string of the molecule is CCOC1CC(NC(=O)c2ccc(NC)cn2)C1. The highest BCUT2D eigenvalue weighted by atomic mass is 16.5. The number of nitrogens with zero attached hydrogens (tertiary/aromatic N) is 1. The molecular weight excluding hydrogens is 230 g/mol. The van der Waals surface area contributed by atoms with Crippen LogP contribution in [0.4, 0.5) is 5.69 Å². The summed E-state index contributed by atoms with van der Waals surface area (Å²) in [5.74, 6) is -0.113. The molecule has 0 saturated heterocycles. The van der Waals surface area contributed by atoms with Crippen LogP contribution in [0, 0.1) is 0 Å². The summed E-state index contributed by atoms with van der Waals surface area (Å²) in [4.78, 5) is 16.0. The fourth-order valence-corrected chi connectivity index (χ4v) is 1.99. The zero-order valence-corrected chi connectivity index (χ0v) is 10.8. The van der Waals surface area contributed by atoms with E-state index in [0.717, 1.165) is 25.1 Å². The van der Waals surface area contributed by atoms with Crippen molar-refractivity contribution in [2.75, 3.05) is 19.0 Å². The van der Waals surface area contributed by atoms with Crippen molar-refractivity contribution < 1.29 is 9.53 Å². The van der Waals surface area contributed by atoms with Gasteiger partial charge in [-0.25, -0.2) is 4.98 Å². The van der Waals surface area contributed by atoms with Crippen LogP contribution in [0.15, 0.2) is 18.3 Å². The number of hydrogen-bond acceptors (Lipinski definition) is 4. The van der Waals surface area contributed by atoms with Crippen molar-refractivity contribution in [3.8, 4) is 0 Å². The molecule has 18 heavy (non-hydrogen) atoms. The minimum Gasteiger partial charge on any atom is -0.387 e. The first-order valence-electron chi connectivity index (χ1n) is 6.29. The standard InChI is InChI=1S/C13H19N3O2/c1-3-18-11-6-10(7-11)16-13(17)12-5-4-9(14-2)8-15-12/h4-5,8,10-11,14H,3,6-7H2,1-2H3,(H,16,17). The molecule has 0 aliphatic heterocycles. The molecule has 1 aliphatic rings. The normalized spacial score (nSPS) is 22.1. The van der Waals surface area contributed by atoms with Gasteiger partial charge in [0.05, 0.1) is 18.0 Å². The van der Waals surface area contributed by atoms with Crippen molar-refractivity contribution in [1.82, 2.24) is 10.3 Å². The van der Waals surface area contributed by atoms with Gasteiger partial charge in [-0.2, -0.15) is 0 Å². The predicted octanol–water partition coefficient (Wildman–Crippen LogP) is 1.42. The predicted molar refractivity (Wildman–Crippen MR) is 69.7 cm³/mol. The molecule has 5 nitrogen and oxygen atoms in total. The molecule has 1 saturated carbocycles. The van der Waals surface area contributed by atoms with Crippen LogP contribution in [0.1, 0.15) is 30.3 Å². The van der Waals surface area contributed by atoms with Gasteiger partial charge in [-0.15, -0.1) is 0 Å². The Morgan fingerprint density at radius 1 is 1.50 bits per heavy atom. The molecule has 1 aliphatic carbocycles. The average molecular weight is 249 g/mol. The lowest BCUT2D eigenvalue weighted by Crippen LogP contribution is -2.48. The maximum Gasteiger partial charge on any atom is 0.270 e. The van der Waals surface area contributed by atoms with Gasteiger partial charge in [0.2, 0.25) is 0 Å². The number of nitrogens with one attached hydrogen (secondary N) is 2. The second-order valence-electron chi connectivity index (χ2n) is 4.40. The van der Waals surface area contributed by atoms with Gasteiger partial charge in [0.15, 0.2) is 0 Å². The largest absolute Gasteiger partial charge is 0.387 e. The van der Waals surface area contributed by atoms with Gasteiger partial charge in [0.1, 0.15) is 5.69 Å². The van der Waals surface area contributed by atoms with E-state index in [9.17, 15) is 4.79 Å². The third-order valence-electron chi connectivity index (χ3n) is 3.12. The summed E-state index contributed by atoms with van der Waals surface area (Å²) in [6.45, 7) is 2.72. The summed E-state index contributed by atoms with van der Waals surface area (Å²) in [7, 11) is 1.82. The highest BCUT2D eigenvalue weighted by molar-refractivity contribution is 5.92. The third-order valence-corrected chi connectivity index (χ3v) is 3.12. The monoisotopic (exact) mass is 249 g/mol. The molecule has 1 fully saturated rings. The second-order valence-corrected chi connectivity index (χ2v) is 4.40. The van der Waals surface area contributed by atoms with E-state index < -0.39 is 0 Å². The van der Waals surface area contributed by atoms with Crippen LogP contribution in [-0.2, 0) is 4.74 Å². The highest BCUT2D eigenvalue weighted by Gasteiger charge is 2.30. The molecule has 1 aromatic heterocycles. The fraction of sp³-hybridized carbons (Fsp3) is 0.538. The number of carbonyl (C=O) groups excluding carboxylic acids is 1. The third kappa shape index (κ3) is 2.98. The van der Waals surface area contributed by atoms with E-state index >= 15 is 0 Å². The molecule has 2 N–H and O–H groups in total. The zero-order chi connectivity index (χ0) is 13.0. The molecule has 0 aromatic carbocycles. The minimum absolute atomic E-state index is 0.113. The maximum absolute atomic E-state index is 11.9. The van der Waals surface area contributed by atoms with Gasteiger partial charge >= 0.3 is 0 Å². The van der Waals surface area contributed by atoms with E-state index in [1.54, 1.807) is 12.3 Å². The Balaban J connectivity index is 1.81. The van der Waals surface area contributed by atoms with Crippen molar-refractivity contribution in [1.29, 1.82) is 0 Å². The molecule has 0 radical (unpaired) electrons.